The third-order valence-electron chi connectivity index (χ3n) is 2.49. The number of hydrogen-bond acceptors (Lipinski definition) is 3. The highest BCUT2D eigenvalue weighted by Crippen LogP contribution is 2.19. The van der Waals surface area contributed by atoms with Crippen LogP contribution in [0.25, 0.3) is 0 Å². The van der Waals surface area contributed by atoms with Crippen LogP contribution < -0.4 is 0 Å². The Morgan fingerprint density at radius 1 is 1.50 bits per heavy atom. The number of rotatable bonds is 4. The van der Waals surface area contributed by atoms with Crippen LogP contribution >= 0.6 is 0 Å². The van der Waals surface area contributed by atoms with Gasteiger partial charge in [0.05, 0.1) is 4.92 Å². The molecule has 5 heteroatoms. The van der Waals surface area contributed by atoms with Crippen molar-refractivity contribution in [3.63, 3.8) is 0 Å². The summed E-state index contributed by atoms with van der Waals surface area (Å²) in [5.74, 6) is 0.599. The molecule has 0 heterocycles. The number of hydrogen-bond donors (Lipinski definition) is 0. The Morgan fingerprint density at radius 3 is 2.72 bits per heavy atom. The van der Waals surface area contributed by atoms with Gasteiger partial charge in [-0.05, 0) is 25.5 Å². The quantitative estimate of drug-likeness (QED) is 0.355. The Balaban J connectivity index is 3.02. The first-order valence-electron chi connectivity index (χ1n) is 5.84. The molecule has 0 aromatic heterocycles. The van der Waals surface area contributed by atoms with E-state index in [4.69, 9.17) is 0 Å². The second kappa shape index (κ2) is 6.64. The molecule has 0 atom stereocenters. The molecule has 5 nitrogen and oxygen atoms in total. The highest BCUT2D eigenvalue weighted by atomic mass is 16.6. The Kier molecular flexibility index (Phi) is 5.17. The first-order valence-corrected chi connectivity index (χ1v) is 5.84. The summed E-state index contributed by atoms with van der Waals surface area (Å²) < 4.78 is 0. The average Bonchev–Trinajstić information content (AvgIpc) is 2.34. The van der Waals surface area contributed by atoms with Gasteiger partial charge in [0, 0.05) is 30.5 Å². The van der Waals surface area contributed by atoms with Crippen LogP contribution in [-0.2, 0) is 0 Å². The second-order valence-corrected chi connectivity index (χ2v) is 3.91. The Morgan fingerprint density at radius 2 is 2.22 bits per heavy atom. The van der Waals surface area contributed by atoms with Crippen LogP contribution in [0.2, 0.25) is 0 Å². The zero-order valence-corrected chi connectivity index (χ0v) is 10.9. The number of unbranched alkanes of at least 4 members (excludes halogenated alkanes) is 1. The maximum Gasteiger partial charge on any atom is 0.272 e. The molecule has 1 aromatic rings. The van der Waals surface area contributed by atoms with E-state index >= 15 is 0 Å². The predicted octanol–water partition coefficient (Wildman–Crippen LogP) is 3.15. The van der Waals surface area contributed by atoms with E-state index in [9.17, 15) is 10.1 Å². The van der Waals surface area contributed by atoms with Crippen molar-refractivity contribution in [1.29, 1.82) is 0 Å². The molecular formula is C13H17N3O2. The van der Waals surface area contributed by atoms with E-state index in [0.717, 1.165) is 18.4 Å². The first kappa shape index (κ1) is 14.0. The Hall–Kier alpha value is -2.04. The van der Waals surface area contributed by atoms with E-state index in [-0.39, 0.29) is 10.6 Å². The lowest BCUT2D eigenvalue weighted by molar-refractivity contribution is -0.385. The van der Waals surface area contributed by atoms with Crippen molar-refractivity contribution in [3.8, 4) is 0 Å². The van der Waals surface area contributed by atoms with Crippen molar-refractivity contribution in [2.45, 2.75) is 26.7 Å². The van der Waals surface area contributed by atoms with Gasteiger partial charge in [-0.3, -0.25) is 15.1 Å². The van der Waals surface area contributed by atoms with Crippen LogP contribution in [0.3, 0.4) is 0 Å². The second-order valence-electron chi connectivity index (χ2n) is 3.91. The monoisotopic (exact) mass is 247 g/mol. The molecule has 1 aromatic carbocycles. The van der Waals surface area contributed by atoms with Crippen LogP contribution in [0, 0.1) is 17.0 Å². The standard InChI is InChI=1S/C13H17N3O2/c1-4-5-8-15-13(14-3)11-6-7-12(16(17)18)10(2)9-11/h6-9H,4-5H2,1-3H3/b14-13-,15-8-. The zero-order valence-electron chi connectivity index (χ0n) is 10.9. The molecule has 0 aliphatic rings. The number of nitro benzene ring substituents is 1. The zero-order chi connectivity index (χ0) is 13.5. The maximum absolute atomic E-state index is 10.7. The van der Waals surface area contributed by atoms with Gasteiger partial charge in [-0.1, -0.05) is 13.3 Å². The lowest BCUT2D eigenvalue weighted by atomic mass is 10.1. The molecule has 1 rings (SSSR count). The topological polar surface area (TPSA) is 67.9 Å². The van der Waals surface area contributed by atoms with Crippen LogP contribution in [0.4, 0.5) is 5.69 Å². The summed E-state index contributed by atoms with van der Waals surface area (Å²) in [5.41, 5.74) is 1.53. The molecule has 0 fully saturated rings. The fourth-order valence-corrected chi connectivity index (χ4v) is 1.54. The highest BCUT2D eigenvalue weighted by Gasteiger charge is 2.11. The maximum atomic E-state index is 10.7. The van der Waals surface area contributed by atoms with Crippen molar-refractivity contribution in [3.05, 3.63) is 39.4 Å². The SMILES string of the molecule is CCC/C=N\C(=N/C)c1ccc([N+](=O)[O-])c(C)c1. The van der Waals surface area contributed by atoms with Gasteiger partial charge in [0.25, 0.3) is 5.69 Å². The molecule has 0 amide bonds. The smallest absolute Gasteiger partial charge is 0.270 e. The minimum atomic E-state index is -0.387. The minimum absolute atomic E-state index is 0.117. The van der Waals surface area contributed by atoms with Crippen LogP contribution in [-0.4, -0.2) is 24.0 Å². The van der Waals surface area contributed by atoms with E-state index < -0.39 is 0 Å². The van der Waals surface area contributed by atoms with Crippen molar-refractivity contribution in [2.75, 3.05) is 7.05 Å². The van der Waals surface area contributed by atoms with E-state index in [1.807, 2.05) is 6.21 Å². The minimum Gasteiger partial charge on any atom is -0.270 e. The van der Waals surface area contributed by atoms with Gasteiger partial charge in [-0.25, -0.2) is 4.99 Å². The highest BCUT2D eigenvalue weighted by molar-refractivity contribution is 6.03. The molecular weight excluding hydrogens is 230 g/mol. The fourth-order valence-electron chi connectivity index (χ4n) is 1.54. The van der Waals surface area contributed by atoms with E-state index in [1.54, 1.807) is 26.1 Å². The van der Waals surface area contributed by atoms with Gasteiger partial charge in [-0.15, -0.1) is 0 Å². The molecule has 0 aliphatic carbocycles. The first-order chi connectivity index (χ1) is 8.60. The Labute approximate surface area is 106 Å². The third-order valence-corrected chi connectivity index (χ3v) is 2.49. The van der Waals surface area contributed by atoms with Crippen molar-refractivity contribution in [2.24, 2.45) is 9.98 Å². The van der Waals surface area contributed by atoms with Crippen LogP contribution in [0.5, 0.6) is 0 Å². The summed E-state index contributed by atoms with van der Waals surface area (Å²) in [7, 11) is 1.66. The van der Waals surface area contributed by atoms with Gasteiger partial charge in [0.2, 0.25) is 0 Å². The molecule has 0 bridgehead atoms. The van der Waals surface area contributed by atoms with E-state index in [1.165, 1.54) is 6.07 Å². The van der Waals surface area contributed by atoms with Crippen molar-refractivity contribution in [1.82, 2.24) is 0 Å². The number of nitrogens with zero attached hydrogens (tertiary/aromatic N) is 3. The van der Waals surface area contributed by atoms with Gasteiger partial charge < -0.3 is 0 Å². The number of amidine groups is 1. The fraction of sp³-hybridized carbons (Fsp3) is 0.385. The predicted molar refractivity (Wildman–Crippen MR) is 73.7 cm³/mol. The van der Waals surface area contributed by atoms with Crippen LogP contribution in [0.15, 0.2) is 28.2 Å². The van der Waals surface area contributed by atoms with Gasteiger partial charge in [0.1, 0.15) is 0 Å². The van der Waals surface area contributed by atoms with Crippen molar-refractivity contribution >= 4 is 17.7 Å². The van der Waals surface area contributed by atoms with E-state index in [0.29, 0.717) is 11.4 Å². The summed E-state index contributed by atoms with van der Waals surface area (Å²) in [5, 5.41) is 10.7. The molecule has 0 spiro atoms. The van der Waals surface area contributed by atoms with Crippen molar-refractivity contribution < 1.29 is 4.92 Å². The molecule has 96 valence electrons. The summed E-state index contributed by atoms with van der Waals surface area (Å²) >= 11 is 0. The Bertz CT molecular complexity index is 493. The number of nitro groups is 1. The molecule has 0 aliphatic heterocycles. The largest absolute Gasteiger partial charge is 0.272 e. The third kappa shape index (κ3) is 3.48. The van der Waals surface area contributed by atoms with Gasteiger partial charge >= 0.3 is 0 Å². The molecule has 0 unspecified atom stereocenters. The summed E-state index contributed by atoms with van der Waals surface area (Å²) in [6, 6.07) is 4.91. The number of aryl methyl sites for hydroxylation is 1. The lowest BCUT2D eigenvalue weighted by Gasteiger charge is -2.02. The normalized spacial score (nSPS) is 12.1. The summed E-state index contributed by atoms with van der Waals surface area (Å²) in [6.07, 6.45) is 3.74. The summed E-state index contributed by atoms with van der Waals surface area (Å²) in [6.45, 7) is 3.79. The summed E-state index contributed by atoms with van der Waals surface area (Å²) in [4.78, 5) is 18.7. The average molecular weight is 247 g/mol. The van der Waals surface area contributed by atoms with Gasteiger partial charge in [-0.2, -0.15) is 0 Å². The lowest BCUT2D eigenvalue weighted by Crippen LogP contribution is -2.00. The molecule has 0 N–H and O–H groups in total. The molecule has 0 radical (unpaired) electrons. The number of aliphatic imine (C=N–C) groups is 2. The molecule has 0 saturated heterocycles. The molecule has 0 saturated carbocycles. The molecule has 18 heavy (non-hydrogen) atoms. The van der Waals surface area contributed by atoms with Crippen LogP contribution in [0.1, 0.15) is 30.9 Å². The number of benzene rings is 1. The van der Waals surface area contributed by atoms with Gasteiger partial charge in [0.15, 0.2) is 5.84 Å². The van der Waals surface area contributed by atoms with E-state index in [2.05, 4.69) is 16.9 Å².